The predicted octanol–water partition coefficient (Wildman–Crippen LogP) is 2.84. The molecule has 3 saturated heterocycles. The molecule has 17 amide bonds. The Morgan fingerprint density at radius 1 is 0.496 bits per heavy atom. The number of ether oxygens (including phenoxy) is 1. The molecule has 0 saturated carbocycles. The third kappa shape index (κ3) is 31.2. The van der Waals surface area contributed by atoms with Crippen molar-refractivity contribution in [1.82, 2.24) is 84.2 Å². The monoisotopic (exact) mass is 1990 g/mol. The lowest BCUT2D eigenvalue weighted by Gasteiger charge is -2.38. The van der Waals surface area contributed by atoms with Crippen molar-refractivity contribution in [2.45, 2.75) is 279 Å². The van der Waals surface area contributed by atoms with Gasteiger partial charge in [-0.15, -0.1) is 11.3 Å². The molecule has 760 valence electrons. The molecule has 5 aliphatic heterocycles. The molecule has 3 bridgehead atoms. The maximum absolute atomic E-state index is 16.0. The number of cyclic esters (lactones) is 1. The van der Waals surface area contributed by atoms with Gasteiger partial charge in [0.1, 0.15) is 83.1 Å². The number of carboxylic acid groups (broad SMARTS) is 3. The van der Waals surface area contributed by atoms with Gasteiger partial charge in [0, 0.05) is 63.4 Å². The van der Waals surface area contributed by atoms with E-state index >= 15 is 33.6 Å². The number of thiophene rings is 2. The van der Waals surface area contributed by atoms with Gasteiger partial charge in [-0.3, -0.25) is 86.3 Å². The molecule has 3 fully saturated rings. The third-order valence-electron chi connectivity index (χ3n) is 25.5. The van der Waals surface area contributed by atoms with Gasteiger partial charge in [-0.25, -0.2) is 9.59 Å². The largest absolute Gasteiger partial charge is 0.481 e. The van der Waals surface area contributed by atoms with Crippen LogP contribution in [0.15, 0.2) is 125 Å². The summed E-state index contributed by atoms with van der Waals surface area (Å²) in [5, 5.41) is 74.4. The zero-order chi connectivity index (χ0) is 102. The standard InChI is InChI=1S/C98H127N17O24S2/c1-57-80(123)101-58(2)81(124)105-68(47-60-26-14-13-15-27-60)83(126)104-67-31-18-22-41-100-76(117)34-33-66(79(99)122)103-85(128)71(50-64-55-141-75-32-17-16-30-65(64)75)107-84(127)70(49-62-35-45-140-54-62)109-92(136)97(113-88(67)131)40-43-114(56-97)94(138)139-44-23-12-8-7-9-19-36-96(91(135)110-72(51-77(118)119)86(129)106-69(82(125)102-57)48-61-28-24-29-63(46-61)90(133)134)37-20-10-11-21-38-98(39-25-42-115(98)59(3)116)93(137)111-73(52-78(120)121)87(130)108-74(89(132)112-96)53-95(4,5)6/h7-8,11,13-17,21,24,26-30,32,35,45-46,54-55,57-58,66-74H,9-10,12,18-20,22-23,25,31,33-34,36-44,47-53,56H2,1-6H3,(H2,99,122)(H,100,117)(H,101,123)(H,102,125)(H,103,128)(H,104,126)(H,105,124)(H,106,129)(H,107,127)(H,108,130)(H,109,136)(H,110,135)(H,111,137)(H,112,132)(H,113,131)(H,118,119)(H,120,121)(H,133,134)/b8-7-,21-11+/t57-,58-,66-,67-,68-,69-,70-,71-,72-,73-,74-,96-,97-,98-/m0/s1. The second-order valence-electron chi connectivity index (χ2n) is 37.7. The normalized spacial score (nSPS) is 27.2. The lowest BCUT2D eigenvalue weighted by atomic mass is 9.83. The average molecular weight is 1990 g/mol. The van der Waals surface area contributed by atoms with Crippen LogP contribution < -0.4 is 80.2 Å². The summed E-state index contributed by atoms with van der Waals surface area (Å²) in [4.78, 5) is 293. The Morgan fingerprint density at radius 3 is 1.69 bits per heavy atom. The highest BCUT2D eigenvalue weighted by Crippen LogP contribution is 2.36. The van der Waals surface area contributed by atoms with Crippen LogP contribution in [0.4, 0.5) is 4.79 Å². The number of carboxylic acids is 3. The third-order valence-corrected chi connectivity index (χ3v) is 27.2. The molecule has 3 spiro atoms. The number of hydrogen-bond donors (Lipinski definition) is 18. The van der Waals surface area contributed by atoms with Gasteiger partial charge in [0.15, 0.2) is 0 Å². The number of primary amides is 1. The Bertz CT molecular complexity index is 5490. The molecule has 41 nitrogen and oxygen atoms in total. The summed E-state index contributed by atoms with van der Waals surface area (Å²) < 4.78 is 6.72. The molecule has 3 aromatic carbocycles. The molecule has 2 aromatic heterocycles. The number of likely N-dealkylation sites (tertiary alicyclic amines) is 1. The maximum atomic E-state index is 16.0. The van der Waals surface area contributed by atoms with Crippen LogP contribution in [-0.2, 0) is 117 Å². The summed E-state index contributed by atoms with van der Waals surface area (Å²) in [7, 11) is 0. The van der Waals surface area contributed by atoms with Crippen molar-refractivity contribution in [2.24, 2.45) is 11.1 Å². The molecule has 10 rings (SSSR count). The Hall–Kier alpha value is -14.0. The summed E-state index contributed by atoms with van der Waals surface area (Å²) in [6.07, 6.45) is 1.43. The topological polar surface area (TPSA) is 612 Å². The minimum atomic E-state index is -2.20. The number of aliphatic carboxylic acids is 2. The molecule has 5 aliphatic rings. The number of amides is 17. The van der Waals surface area contributed by atoms with E-state index in [9.17, 15) is 77.6 Å². The van der Waals surface area contributed by atoms with Crippen LogP contribution in [0.25, 0.3) is 10.1 Å². The summed E-state index contributed by atoms with van der Waals surface area (Å²) in [5.74, 6) is -20.1. The number of hydrogen-bond acceptors (Lipinski definition) is 23. The van der Waals surface area contributed by atoms with Gasteiger partial charge in [0.25, 0.3) is 0 Å². The van der Waals surface area contributed by atoms with Gasteiger partial charge in [-0.2, -0.15) is 11.3 Å². The van der Waals surface area contributed by atoms with Crippen molar-refractivity contribution in [1.29, 1.82) is 0 Å². The molecule has 0 unspecified atom stereocenters. The van der Waals surface area contributed by atoms with Crippen molar-refractivity contribution in [2.75, 3.05) is 32.8 Å². The fraction of sp³-hybridized carbons (Fsp3) is 0.510. The van der Waals surface area contributed by atoms with E-state index < -0.39 is 233 Å². The van der Waals surface area contributed by atoms with Crippen LogP contribution in [-0.4, -0.2) is 259 Å². The molecule has 43 heteroatoms. The van der Waals surface area contributed by atoms with E-state index in [2.05, 4.69) is 74.4 Å². The van der Waals surface area contributed by atoms with Gasteiger partial charge in [0.2, 0.25) is 94.5 Å². The van der Waals surface area contributed by atoms with E-state index in [0.717, 1.165) is 15.0 Å². The lowest BCUT2D eigenvalue weighted by Crippen LogP contribution is -2.66. The summed E-state index contributed by atoms with van der Waals surface area (Å²) in [5.41, 5.74) is 0.498. The number of rotatable bonds is 15. The highest BCUT2D eigenvalue weighted by molar-refractivity contribution is 7.17. The van der Waals surface area contributed by atoms with E-state index in [-0.39, 0.29) is 166 Å². The average Bonchev–Trinajstić information content (AvgIpc) is 1.66. The number of nitrogens with two attached hydrogens (primary N) is 1. The summed E-state index contributed by atoms with van der Waals surface area (Å²) >= 11 is 2.65. The first-order valence-corrected chi connectivity index (χ1v) is 49.2. The van der Waals surface area contributed by atoms with E-state index in [1.165, 1.54) is 72.6 Å². The van der Waals surface area contributed by atoms with Crippen molar-refractivity contribution < 1.29 is 116 Å². The Balaban J connectivity index is 1.03. The van der Waals surface area contributed by atoms with Crippen molar-refractivity contribution in [3.63, 3.8) is 0 Å². The molecule has 5 aromatic rings. The van der Waals surface area contributed by atoms with Crippen LogP contribution in [0, 0.1) is 5.41 Å². The molecule has 0 radical (unpaired) electrons. The zero-order valence-corrected chi connectivity index (χ0v) is 81.3. The van der Waals surface area contributed by atoms with E-state index in [0.29, 0.717) is 23.1 Å². The number of nitrogens with zero attached hydrogens (tertiary/aromatic N) is 2. The van der Waals surface area contributed by atoms with Crippen LogP contribution in [0.2, 0.25) is 0 Å². The van der Waals surface area contributed by atoms with Crippen molar-refractivity contribution in [3.05, 3.63) is 153 Å². The number of allylic oxidation sites excluding steroid dienone is 3. The summed E-state index contributed by atoms with van der Waals surface area (Å²) in [6, 6.07) is 3.99. The van der Waals surface area contributed by atoms with E-state index in [4.69, 9.17) is 10.5 Å². The molecule has 19 N–H and O–H groups in total. The zero-order valence-electron chi connectivity index (χ0n) is 79.7. The Morgan fingerprint density at radius 2 is 1.04 bits per heavy atom. The van der Waals surface area contributed by atoms with Crippen molar-refractivity contribution in [3.8, 4) is 0 Å². The van der Waals surface area contributed by atoms with Crippen LogP contribution >= 0.6 is 22.7 Å². The van der Waals surface area contributed by atoms with Crippen LogP contribution in [0.1, 0.15) is 203 Å². The smallest absolute Gasteiger partial charge is 0.409 e. The van der Waals surface area contributed by atoms with E-state index in [1.807, 2.05) is 18.2 Å². The van der Waals surface area contributed by atoms with Gasteiger partial charge in [-0.1, -0.05) is 106 Å². The van der Waals surface area contributed by atoms with Crippen LogP contribution in [0.3, 0.4) is 0 Å². The van der Waals surface area contributed by atoms with E-state index in [1.54, 1.807) is 104 Å². The fourth-order valence-corrected chi connectivity index (χ4v) is 19.5. The number of aromatic carboxylic acids is 1. The van der Waals surface area contributed by atoms with Gasteiger partial charge in [-0.05, 0) is 196 Å². The molecule has 141 heavy (non-hydrogen) atoms. The Kier molecular flexibility index (Phi) is 39.2. The van der Waals surface area contributed by atoms with Crippen molar-refractivity contribution >= 4 is 151 Å². The fourth-order valence-electron chi connectivity index (χ4n) is 17.8. The first-order chi connectivity index (χ1) is 67.0. The minimum absolute atomic E-state index is 0.00944. The molecule has 14 atom stereocenters. The molecule has 0 aliphatic carbocycles. The van der Waals surface area contributed by atoms with Gasteiger partial charge < -0.3 is 110 Å². The first-order valence-electron chi connectivity index (χ1n) is 47.4. The Labute approximate surface area is 822 Å². The highest BCUT2D eigenvalue weighted by Gasteiger charge is 2.53. The minimum Gasteiger partial charge on any atom is -0.481 e. The van der Waals surface area contributed by atoms with Crippen LogP contribution in [0.5, 0.6) is 0 Å². The number of nitrogens with one attached hydrogen (secondary N) is 14. The number of benzene rings is 3. The SMILES string of the molecule is CC(=O)N1CCC[C@]12C/C=C/CCC[C@]1(CCC/C=C\CCCOC(=O)N3CC[C@@]4(C3)NC(=O)[C@H](CCCCNC(=O)CC[C@@H](C(N)=O)NC(=O)[C@H](Cc3csc5ccccc35)NC(=O)[C@H](Cc3ccsc3)NC4=O)NC(=O)[C@H](Cc3ccccc3)NC(=O)[C@H](C)NC(=O)[C@H](C)NC(=O)[C@H](Cc3cccc(C(=O)O)c3)NC(=O)[C@H](CC(=O)O)NC1=O)NC(=O)[C@H](CC(C)(C)C)NC(=O)[C@H](CC(=O)O)NC2=O. The maximum Gasteiger partial charge on any atom is 0.409 e. The molecular formula is C98H127N17O24S2. The summed E-state index contributed by atoms with van der Waals surface area (Å²) in [6.45, 7) is 7.78. The number of fused-ring (bicyclic) bond motifs is 4. The first kappa shape index (κ1) is 109. The van der Waals surface area contributed by atoms with Gasteiger partial charge >= 0.3 is 24.0 Å². The predicted molar refractivity (Wildman–Crippen MR) is 516 cm³/mol. The number of carbonyl (C=O) groups is 20. The second-order valence-corrected chi connectivity index (χ2v) is 39.3. The second kappa shape index (κ2) is 50.7. The number of carbonyl (C=O) groups excluding carboxylic acids is 17. The molecular weight excluding hydrogens is 1860 g/mol. The van der Waals surface area contributed by atoms with Gasteiger partial charge in [0.05, 0.1) is 31.6 Å². The highest BCUT2D eigenvalue weighted by atomic mass is 32.1. The molecule has 7 heterocycles. The lowest BCUT2D eigenvalue weighted by molar-refractivity contribution is -0.146. The quantitative estimate of drug-likeness (QED) is 0.0670.